The van der Waals surface area contributed by atoms with Crippen LogP contribution in [-0.2, 0) is 5.60 Å². The Balaban J connectivity index is 1.73. The average molecular weight is 259 g/mol. The summed E-state index contributed by atoms with van der Waals surface area (Å²) in [5, 5.41) is 11.0. The third-order valence-electron chi connectivity index (χ3n) is 4.92. The molecule has 0 aromatic heterocycles. The van der Waals surface area contributed by atoms with Crippen LogP contribution in [0, 0.1) is 0 Å². The molecule has 1 N–H and O–H groups in total. The largest absolute Gasteiger partial charge is 0.385 e. The number of hydrogen-bond acceptors (Lipinski definition) is 2. The van der Waals surface area contributed by atoms with Gasteiger partial charge in [-0.2, -0.15) is 0 Å². The predicted octanol–water partition coefficient (Wildman–Crippen LogP) is 3.30. The first-order valence-corrected chi connectivity index (χ1v) is 7.80. The van der Waals surface area contributed by atoms with E-state index in [0.29, 0.717) is 6.04 Å². The van der Waals surface area contributed by atoms with Crippen LogP contribution >= 0.6 is 0 Å². The third-order valence-corrected chi connectivity index (χ3v) is 4.92. The maximum absolute atomic E-state index is 11.0. The fourth-order valence-corrected chi connectivity index (χ4v) is 3.83. The van der Waals surface area contributed by atoms with E-state index in [-0.39, 0.29) is 0 Å². The van der Waals surface area contributed by atoms with Gasteiger partial charge in [-0.3, -0.25) is 0 Å². The SMILES string of the molecule is OC1(c2ccccc2)CCCC(N2CCCCC2)C1. The molecule has 3 rings (SSSR count). The summed E-state index contributed by atoms with van der Waals surface area (Å²) in [6, 6.07) is 10.9. The van der Waals surface area contributed by atoms with Gasteiger partial charge in [0.25, 0.3) is 0 Å². The topological polar surface area (TPSA) is 23.5 Å². The van der Waals surface area contributed by atoms with Crippen molar-refractivity contribution in [2.24, 2.45) is 0 Å². The Bertz CT molecular complexity index is 399. The van der Waals surface area contributed by atoms with Gasteiger partial charge in [0, 0.05) is 6.04 Å². The first-order chi connectivity index (χ1) is 9.28. The van der Waals surface area contributed by atoms with Gasteiger partial charge in [0.2, 0.25) is 0 Å². The van der Waals surface area contributed by atoms with Gasteiger partial charge in [0.05, 0.1) is 5.60 Å². The van der Waals surface area contributed by atoms with Crippen molar-refractivity contribution in [3.8, 4) is 0 Å². The molecular weight excluding hydrogens is 234 g/mol. The van der Waals surface area contributed by atoms with Crippen molar-refractivity contribution in [2.75, 3.05) is 13.1 Å². The highest BCUT2D eigenvalue weighted by Crippen LogP contribution is 2.39. The van der Waals surface area contributed by atoms with Crippen LogP contribution in [0.25, 0.3) is 0 Å². The van der Waals surface area contributed by atoms with Crippen molar-refractivity contribution < 1.29 is 5.11 Å². The van der Waals surface area contributed by atoms with E-state index in [1.54, 1.807) is 0 Å². The maximum atomic E-state index is 11.0. The van der Waals surface area contributed by atoms with Crippen LogP contribution in [0.15, 0.2) is 30.3 Å². The number of nitrogens with zero attached hydrogens (tertiary/aromatic N) is 1. The van der Waals surface area contributed by atoms with Crippen LogP contribution in [0.1, 0.15) is 50.5 Å². The van der Waals surface area contributed by atoms with E-state index < -0.39 is 5.60 Å². The fourth-order valence-electron chi connectivity index (χ4n) is 3.83. The molecule has 2 atom stereocenters. The second kappa shape index (κ2) is 5.64. The lowest BCUT2D eigenvalue weighted by atomic mass is 9.76. The molecule has 2 nitrogen and oxygen atoms in total. The first-order valence-electron chi connectivity index (χ1n) is 7.80. The zero-order valence-corrected chi connectivity index (χ0v) is 11.7. The second-order valence-electron chi connectivity index (χ2n) is 6.24. The molecule has 2 unspecified atom stereocenters. The predicted molar refractivity (Wildman–Crippen MR) is 78.0 cm³/mol. The van der Waals surface area contributed by atoms with Crippen molar-refractivity contribution in [1.82, 2.24) is 4.90 Å². The molecule has 1 heterocycles. The molecule has 1 saturated carbocycles. The average Bonchev–Trinajstić information content (AvgIpc) is 2.49. The van der Waals surface area contributed by atoms with Gasteiger partial charge in [0.15, 0.2) is 0 Å². The Morgan fingerprint density at radius 1 is 1.00 bits per heavy atom. The molecule has 2 heteroatoms. The van der Waals surface area contributed by atoms with Crippen LogP contribution in [0.2, 0.25) is 0 Å². The van der Waals surface area contributed by atoms with Crippen molar-refractivity contribution in [2.45, 2.75) is 56.6 Å². The van der Waals surface area contributed by atoms with Gasteiger partial charge >= 0.3 is 0 Å². The van der Waals surface area contributed by atoms with E-state index in [9.17, 15) is 5.11 Å². The molecule has 104 valence electrons. The van der Waals surface area contributed by atoms with E-state index in [0.717, 1.165) is 24.8 Å². The monoisotopic (exact) mass is 259 g/mol. The lowest BCUT2D eigenvalue weighted by molar-refractivity contribution is -0.0387. The minimum absolute atomic E-state index is 0.583. The molecule has 0 radical (unpaired) electrons. The highest BCUT2D eigenvalue weighted by atomic mass is 16.3. The number of piperidine rings is 1. The van der Waals surface area contributed by atoms with Crippen LogP contribution in [0.3, 0.4) is 0 Å². The standard InChI is InChI=1S/C17H25NO/c19-17(15-8-3-1-4-9-15)11-7-10-16(14-17)18-12-5-2-6-13-18/h1,3-4,8-9,16,19H,2,5-7,10-14H2. The Morgan fingerprint density at radius 3 is 2.47 bits per heavy atom. The molecule has 1 aromatic rings. The van der Waals surface area contributed by atoms with Gasteiger partial charge < -0.3 is 10.0 Å². The third kappa shape index (κ3) is 2.85. The van der Waals surface area contributed by atoms with Crippen LogP contribution in [0.5, 0.6) is 0 Å². The number of hydrogen-bond donors (Lipinski definition) is 1. The van der Waals surface area contributed by atoms with E-state index in [1.165, 1.54) is 38.8 Å². The molecule has 1 aromatic carbocycles. The number of likely N-dealkylation sites (tertiary alicyclic amines) is 1. The van der Waals surface area contributed by atoms with Crippen molar-refractivity contribution in [1.29, 1.82) is 0 Å². The molecule has 0 spiro atoms. The summed E-state index contributed by atoms with van der Waals surface area (Å²) in [6.07, 6.45) is 8.28. The molecule has 2 aliphatic rings. The van der Waals surface area contributed by atoms with Gasteiger partial charge in [-0.15, -0.1) is 0 Å². The smallest absolute Gasteiger partial charge is 0.0911 e. The quantitative estimate of drug-likeness (QED) is 0.881. The number of rotatable bonds is 2. The highest BCUT2D eigenvalue weighted by Gasteiger charge is 2.38. The summed E-state index contributed by atoms with van der Waals surface area (Å²) in [4.78, 5) is 2.62. The van der Waals surface area contributed by atoms with Crippen molar-refractivity contribution >= 4 is 0 Å². The van der Waals surface area contributed by atoms with Gasteiger partial charge in [-0.1, -0.05) is 36.8 Å². The number of benzene rings is 1. The van der Waals surface area contributed by atoms with Crippen molar-refractivity contribution in [3.63, 3.8) is 0 Å². The summed E-state index contributed by atoms with van der Waals surface area (Å²) in [6.45, 7) is 2.46. The summed E-state index contributed by atoms with van der Waals surface area (Å²) in [5.74, 6) is 0. The summed E-state index contributed by atoms with van der Waals surface area (Å²) >= 11 is 0. The lowest BCUT2D eigenvalue weighted by Crippen LogP contribution is -2.46. The maximum Gasteiger partial charge on any atom is 0.0911 e. The summed E-state index contributed by atoms with van der Waals surface area (Å²) in [5.41, 5.74) is 0.512. The molecule has 1 aliphatic heterocycles. The minimum Gasteiger partial charge on any atom is -0.385 e. The Kier molecular flexibility index (Phi) is 3.90. The Hall–Kier alpha value is -0.860. The zero-order valence-electron chi connectivity index (χ0n) is 11.7. The molecule has 1 saturated heterocycles. The molecule has 19 heavy (non-hydrogen) atoms. The summed E-state index contributed by atoms with van der Waals surface area (Å²) in [7, 11) is 0. The molecule has 2 fully saturated rings. The molecule has 0 bridgehead atoms. The van der Waals surface area contributed by atoms with Crippen LogP contribution in [-0.4, -0.2) is 29.1 Å². The van der Waals surface area contributed by atoms with Crippen LogP contribution < -0.4 is 0 Å². The van der Waals surface area contributed by atoms with Gasteiger partial charge in [-0.05, 0) is 57.2 Å². The van der Waals surface area contributed by atoms with E-state index >= 15 is 0 Å². The number of aliphatic hydroxyl groups is 1. The zero-order chi connectivity index (χ0) is 13.1. The Morgan fingerprint density at radius 2 is 1.74 bits per heavy atom. The van der Waals surface area contributed by atoms with E-state index in [1.807, 2.05) is 18.2 Å². The molecule has 0 amide bonds. The lowest BCUT2D eigenvalue weighted by Gasteiger charge is -2.43. The van der Waals surface area contributed by atoms with Crippen LogP contribution in [0.4, 0.5) is 0 Å². The highest BCUT2D eigenvalue weighted by molar-refractivity contribution is 5.23. The normalized spacial score (nSPS) is 33.2. The second-order valence-corrected chi connectivity index (χ2v) is 6.24. The minimum atomic E-state index is -0.596. The Labute approximate surface area is 116 Å². The van der Waals surface area contributed by atoms with Gasteiger partial charge in [0.1, 0.15) is 0 Å². The molecular formula is C17H25NO. The van der Waals surface area contributed by atoms with E-state index in [2.05, 4.69) is 17.0 Å². The molecule has 1 aliphatic carbocycles. The van der Waals surface area contributed by atoms with E-state index in [4.69, 9.17) is 0 Å². The van der Waals surface area contributed by atoms with Crippen molar-refractivity contribution in [3.05, 3.63) is 35.9 Å². The first kappa shape index (κ1) is 13.1. The fraction of sp³-hybridized carbons (Fsp3) is 0.647. The van der Waals surface area contributed by atoms with Gasteiger partial charge in [-0.25, -0.2) is 0 Å². The summed E-state index contributed by atoms with van der Waals surface area (Å²) < 4.78 is 0.